The van der Waals surface area contributed by atoms with Crippen LogP contribution in [-0.2, 0) is 17.8 Å². The van der Waals surface area contributed by atoms with Gasteiger partial charge in [0, 0.05) is 43.0 Å². The minimum atomic E-state index is 0.177. The van der Waals surface area contributed by atoms with Gasteiger partial charge >= 0.3 is 0 Å². The van der Waals surface area contributed by atoms with Gasteiger partial charge in [0.1, 0.15) is 11.6 Å². The van der Waals surface area contributed by atoms with Gasteiger partial charge in [-0.15, -0.1) is 0 Å². The predicted octanol–water partition coefficient (Wildman–Crippen LogP) is 3.14. The van der Waals surface area contributed by atoms with Gasteiger partial charge in [0.2, 0.25) is 5.91 Å². The lowest BCUT2D eigenvalue weighted by molar-refractivity contribution is -0.133. The summed E-state index contributed by atoms with van der Waals surface area (Å²) in [4.78, 5) is 25.8. The van der Waals surface area contributed by atoms with Gasteiger partial charge in [-0.1, -0.05) is 41.9 Å². The number of carbonyl (C=O) groups excluding carboxylic acids is 1. The Labute approximate surface area is 175 Å². The molecule has 0 aliphatic carbocycles. The third-order valence-corrected chi connectivity index (χ3v) is 5.70. The quantitative estimate of drug-likeness (QED) is 0.700. The Bertz CT molecular complexity index is 1020. The number of benzene rings is 2. The average molecular weight is 410 g/mol. The Morgan fingerprint density at radius 3 is 2.52 bits per heavy atom. The van der Waals surface area contributed by atoms with E-state index in [0.29, 0.717) is 38.3 Å². The van der Waals surface area contributed by atoms with Crippen molar-refractivity contribution in [3.05, 3.63) is 64.9 Å². The van der Waals surface area contributed by atoms with Crippen molar-refractivity contribution < 1.29 is 4.79 Å². The van der Waals surface area contributed by atoms with Crippen LogP contribution in [0.4, 0.5) is 5.82 Å². The van der Waals surface area contributed by atoms with E-state index in [-0.39, 0.29) is 5.91 Å². The first-order valence-electron chi connectivity index (χ1n) is 9.85. The van der Waals surface area contributed by atoms with Crippen LogP contribution in [0.1, 0.15) is 17.8 Å². The molecule has 4 rings (SSSR count). The van der Waals surface area contributed by atoms with Crippen molar-refractivity contribution in [3.8, 4) is 0 Å². The number of halogens is 1. The molecule has 150 valence electrons. The van der Waals surface area contributed by atoms with Gasteiger partial charge in [-0.25, -0.2) is 9.97 Å². The third kappa shape index (κ3) is 4.66. The molecule has 7 heteroatoms. The summed E-state index contributed by atoms with van der Waals surface area (Å²) in [5.41, 5.74) is 7.97. The summed E-state index contributed by atoms with van der Waals surface area (Å²) in [6.45, 7) is 3.66. The van der Waals surface area contributed by atoms with Gasteiger partial charge in [0.25, 0.3) is 0 Å². The normalized spacial score (nSPS) is 15.0. The summed E-state index contributed by atoms with van der Waals surface area (Å²) in [7, 11) is 0. The van der Waals surface area contributed by atoms with Gasteiger partial charge in [-0.05, 0) is 30.2 Å². The molecule has 1 aliphatic heterocycles. The molecule has 1 fully saturated rings. The maximum atomic E-state index is 12.6. The van der Waals surface area contributed by atoms with Crippen LogP contribution in [0.3, 0.4) is 0 Å². The zero-order chi connectivity index (χ0) is 20.2. The molecule has 0 bridgehead atoms. The fourth-order valence-electron chi connectivity index (χ4n) is 3.68. The summed E-state index contributed by atoms with van der Waals surface area (Å²) in [6.07, 6.45) is 1.15. The molecule has 0 saturated carbocycles. The molecule has 1 aliphatic rings. The van der Waals surface area contributed by atoms with Crippen LogP contribution in [0, 0.1) is 0 Å². The lowest BCUT2D eigenvalue weighted by Crippen LogP contribution is -2.48. The smallest absolute Gasteiger partial charge is 0.222 e. The van der Waals surface area contributed by atoms with Crippen molar-refractivity contribution >= 4 is 34.2 Å². The minimum absolute atomic E-state index is 0.177. The molecule has 29 heavy (non-hydrogen) atoms. The van der Waals surface area contributed by atoms with Crippen molar-refractivity contribution in [1.82, 2.24) is 19.8 Å². The van der Waals surface area contributed by atoms with E-state index in [9.17, 15) is 4.79 Å². The number of para-hydroxylation sites is 1. The number of hydrogen-bond donors (Lipinski definition) is 1. The van der Waals surface area contributed by atoms with Crippen LogP contribution in [0.15, 0.2) is 48.5 Å². The first kappa shape index (κ1) is 19.6. The minimum Gasteiger partial charge on any atom is -0.383 e. The highest BCUT2D eigenvalue weighted by Gasteiger charge is 2.22. The van der Waals surface area contributed by atoms with Crippen molar-refractivity contribution in [2.75, 3.05) is 31.9 Å². The molecule has 0 spiro atoms. The van der Waals surface area contributed by atoms with E-state index in [1.807, 2.05) is 53.4 Å². The molecule has 1 aromatic heterocycles. The van der Waals surface area contributed by atoms with E-state index >= 15 is 0 Å². The number of anilines is 1. The maximum Gasteiger partial charge on any atom is 0.222 e. The molecule has 1 saturated heterocycles. The largest absolute Gasteiger partial charge is 0.383 e. The van der Waals surface area contributed by atoms with Gasteiger partial charge in [0.05, 0.1) is 12.1 Å². The van der Waals surface area contributed by atoms with Crippen LogP contribution >= 0.6 is 11.6 Å². The zero-order valence-electron chi connectivity index (χ0n) is 16.2. The number of piperazine rings is 1. The van der Waals surface area contributed by atoms with E-state index in [1.54, 1.807) is 0 Å². The molecule has 0 unspecified atom stereocenters. The topological polar surface area (TPSA) is 75.3 Å². The van der Waals surface area contributed by atoms with Crippen molar-refractivity contribution in [2.24, 2.45) is 0 Å². The number of nitrogens with two attached hydrogens (primary N) is 1. The van der Waals surface area contributed by atoms with Crippen LogP contribution in [0.2, 0.25) is 5.02 Å². The van der Waals surface area contributed by atoms with Crippen LogP contribution in [-0.4, -0.2) is 51.9 Å². The molecule has 3 aromatic rings. The van der Waals surface area contributed by atoms with Gasteiger partial charge < -0.3 is 10.6 Å². The SMILES string of the molecule is Nc1nc(CN2CCN(C(=O)CCc3ccccc3Cl)CC2)nc2ccccc12. The second-order valence-corrected chi connectivity index (χ2v) is 7.70. The molecule has 2 N–H and O–H groups in total. The third-order valence-electron chi connectivity index (χ3n) is 5.34. The molecule has 0 atom stereocenters. The molecule has 2 aromatic carbocycles. The van der Waals surface area contributed by atoms with E-state index in [2.05, 4.69) is 14.9 Å². The summed E-state index contributed by atoms with van der Waals surface area (Å²) < 4.78 is 0. The van der Waals surface area contributed by atoms with Gasteiger partial charge in [-0.2, -0.15) is 0 Å². The summed E-state index contributed by atoms with van der Waals surface area (Å²) in [5.74, 6) is 1.41. The Kier molecular flexibility index (Phi) is 5.92. The highest BCUT2D eigenvalue weighted by molar-refractivity contribution is 6.31. The fraction of sp³-hybridized carbons (Fsp3) is 0.318. The molecule has 1 amide bonds. The molecule has 6 nitrogen and oxygen atoms in total. The van der Waals surface area contributed by atoms with E-state index in [1.165, 1.54) is 0 Å². The van der Waals surface area contributed by atoms with Gasteiger partial charge in [0.15, 0.2) is 0 Å². The average Bonchev–Trinajstić information content (AvgIpc) is 2.73. The van der Waals surface area contributed by atoms with E-state index < -0.39 is 0 Å². The highest BCUT2D eigenvalue weighted by Crippen LogP contribution is 2.19. The van der Waals surface area contributed by atoms with Crippen LogP contribution in [0.5, 0.6) is 0 Å². The summed E-state index contributed by atoms with van der Waals surface area (Å²) in [5, 5.41) is 1.60. The predicted molar refractivity (Wildman–Crippen MR) is 116 cm³/mol. The first-order valence-corrected chi connectivity index (χ1v) is 10.2. The van der Waals surface area contributed by atoms with E-state index in [0.717, 1.165) is 40.4 Å². The van der Waals surface area contributed by atoms with Crippen LogP contribution < -0.4 is 5.73 Å². The lowest BCUT2D eigenvalue weighted by atomic mass is 10.1. The molecule has 0 radical (unpaired) electrons. The number of rotatable bonds is 5. The number of fused-ring (bicyclic) bond motifs is 1. The standard InChI is InChI=1S/C22H24ClN5O/c23-18-7-3-1-5-16(18)9-10-21(29)28-13-11-27(12-14-28)15-20-25-19-8-4-2-6-17(19)22(24)26-20/h1-8H,9-15H2,(H2,24,25,26). The zero-order valence-corrected chi connectivity index (χ0v) is 17.0. The molecule has 2 heterocycles. The maximum absolute atomic E-state index is 12.6. The fourth-order valence-corrected chi connectivity index (χ4v) is 3.91. The summed E-state index contributed by atoms with van der Waals surface area (Å²) >= 11 is 6.18. The highest BCUT2D eigenvalue weighted by atomic mass is 35.5. The Morgan fingerprint density at radius 2 is 1.72 bits per heavy atom. The number of nitrogen functional groups attached to an aromatic ring is 1. The molecular formula is C22H24ClN5O. The monoisotopic (exact) mass is 409 g/mol. The Hall–Kier alpha value is -2.70. The second kappa shape index (κ2) is 8.76. The van der Waals surface area contributed by atoms with Gasteiger partial charge in [-0.3, -0.25) is 9.69 Å². The Balaban J connectivity index is 1.30. The van der Waals surface area contributed by atoms with Crippen molar-refractivity contribution in [3.63, 3.8) is 0 Å². The van der Waals surface area contributed by atoms with E-state index in [4.69, 9.17) is 17.3 Å². The number of carbonyl (C=O) groups is 1. The number of amides is 1. The number of nitrogens with zero attached hydrogens (tertiary/aromatic N) is 4. The lowest BCUT2D eigenvalue weighted by Gasteiger charge is -2.34. The second-order valence-electron chi connectivity index (χ2n) is 7.29. The summed E-state index contributed by atoms with van der Waals surface area (Å²) in [6, 6.07) is 15.5. The number of aromatic nitrogens is 2. The first-order chi connectivity index (χ1) is 14.1. The van der Waals surface area contributed by atoms with Crippen LogP contribution in [0.25, 0.3) is 10.9 Å². The van der Waals surface area contributed by atoms with Crippen molar-refractivity contribution in [2.45, 2.75) is 19.4 Å². The number of aryl methyl sites for hydroxylation is 1. The number of hydrogen-bond acceptors (Lipinski definition) is 5. The molecular weight excluding hydrogens is 386 g/mol. The Morgan fingerprint density at radius 1 is 1.00 bits per heavy atom. The van der Waals surface area contributed by atoms with Crippen molar-refractivity contribution in [1.29, 1.82) is 0 Å².